The molecule has 0 saturated carbocycles. The molecule has 2 heterocycles. The Morgan fingerprint density at radius 3 is 2.55 bits per heavy atom. The topological polar surface area (TPSA) is 36.9 Å². The van der Waals surface area contributed by atoms with E-state index < -0.39 is 0 Å². The molecular weight excluding hydrogens is 256 g/mol. The van der Waals surface area contributed by atoms with Crippen molar-refractivity contribution in [3.05, 3.63) is 29.3 Å². The Morgan fingerprint density at radius 1 is 1.20 bits per heavy atom. The molecule has 0 radical (unpaired) electrons. The van der Waals surface area contributed by atoms with Crippen molar-refractivity contribution in [1.82, 2.24) is 0 Å². The Morgan fingerprint density at radius 2 is 1.90 bits per heavy atom. The minimum atomic E-state index is -0.327. The van der Waals surface area contributed by atoms with Crippen LogP contribution in [0.5, 0.6) is 11.5 Å². The third kappa shape index (κ3) is 2.30. The first-order chi connectivity index (χ1) is 9.50. The lowest BCUT2D eigenvalue weighted by Gasteiger charge is -2.31. The SMILES string of the molecule is COc1cc(C2OCCO2)cc2c1OC(C)(C)C=C2C. The van der Waals surface area contributed by atoms with E-state index in [2.05, 4.69) is 19.1 Å². The Kier molecular flexibility index (Phi) is 3.22. The zero-order chi connectivity index (χ0) is 14.3. The molecule has 2 aliphatic heterocycles. The van der Waals surface area contributed by atoms with Crippen molar-refractivity contribution in [2.75, 3.05) is 20.3 Å². The molecule has 0 atom stereocenters. The number of rotatable bonds is 2. The van der Waals surface area contributed by atoms with Crippen LogP contribution >= 0.6 is 0 Å². The molecule has 108 valence electrons. The van der Waals surface area contributed by atoms with Gasteiger partial charge in [-0.1, -0.05) is 0 Å². The van der Waals surface area contributed by atoms with Crippen LogP contribution in [0.15, 0.2) is 18.2 Å². The lowest BCUT2D eigenvalue weighted by molar-refractivity contribution is -0.0443. The second kappa shape index (κ2) is 4.79. The lowest BCUT2D eigenvalue weighted by atomic mass is 9.94. The van der Waals surface area contributed by atoms with E-state index in [0.29, 0.717) is 13.2 Å². The van der Waals surface area contributed by atoms with Crippen LogP contribution in [-0.4, -0.2) is 25.9 Å². The first-order valence-corrected chi connectivity index (χ1v) is 6.84. The summed E-state index contributed by atoms with van der Waals surface area (Å²) in [6, 6.07) is 4.00. The van der Waals surface area contributed by atoms with Gasteiger partial charge in [0.15, 0.2) is 17.8 Å². The van der Waals surface area contributed by atoms with Crippen LogP contribution in [0.1, 0.15) is 38.2 Å². The van der Waals surface area contributed by atoms with Gasteiger partial charge in [0.2, 0.25) is 0 Å². The summed E-state index contributed by atoms with van der Waals surface area (Å²) in [6.07, 6.45) is 1.81. The summed E-state index contributed by atoms with van der Waals surface area (Å²) in [5.74, 6) is 1.51. The maximum absolute atomic E-state index is 6.05. The summed E-state index contributed by atoms with van der Waals surface area (Å²) in [5, 5.41) is 0. The quantitative estimate of drug-likeness (QED) is 0.830. The minimum Gasteiger partial charge on any atom is -0.493 e. The first kappa shape index (κ1) is 13.5. The number of ether oxygens (including phenoxy) is 4. The molecule has 0 aromatic heterocycles. The van der Waals surface area contributed by atoms with Crippen molar-refractivity contribution in [2.24, 2.45) is 0 Å². The molecule has 0 spiro atoms. The van der Waals surface area contributed by atoms with E-state index in [1.807, 2.05) is 19.9 Å². The summed E-state index contributed by atoms with van der Waals surface area (Å²) in [5.41, 5.74) is 2.85. The van der Waals surface area contributed by atoms with Crippen molar-refractivity contribution < 1.29 is 18.9 Å². The van der Waals surface area contributed by atoms with Gasteiger partial charge >= 0.3 is 0 Å². The molecule has 1 aromatic carbocycles. The van der Waals surface area contributed by atoms with Crippen molar-refractivity contribution in [1.29, 1.82) is 0 Å². The zero-order valence-corrected chi connectivity index (χ0v) is 12.4. The number of fused-ring (bicyclic) bond motifs is 1. The number of benzene rings is 1. The molecule has 1 fully saturated rings. The Labute approximate surface area is 119 Å². The van der Waals surface area contributed by atoms with Gasteiger partial charge in [-0.05, 0) is 44.6 Å². The molecule has 4 heteroatoms. The van der Waals surface area contributed by atoms with E-state index in [0.717, 1.165) is 22.6 Å². The molecule has 0 aliphatic carbocycles. The van der Waals surface area contributed by atoms with Crippen LogP contribution in [0.3, 0.4) is 0 Å². The number of methoxy groups -OCH3 is 1. The molecule has 0 N–H and O–H groups in total. The van der Waals surface area contributed by atoms with E-state index in [4.69, 9.17) is 18.9 Å². The third-order valence-electron chi connectivity index (χ3n) is 3.55. The lowest BCUT2D eigenvalue weighted by Crippen LogP contribution is -2.29. The third-order valence-corrected chi connectivity index (χ3v) is 3.55. The standard InChI is InChI=1S/C16H20O4/c1-10-9-16(2,3)20-14-12(10)7-11(8-13(14)17-4)15-18-5-6-19-15/h7-9,15H,5-6H2,1-4H3. The van der Waals surface area contributed by atoms with Crippen LogP contribution < -0.4 is 9.47 Å². The van der Waals surface area contributed by atoms with Gasteiger partial charge in [-0.2, -0.15) is 0 Å². The smallest absolute Gasteiger partial charge is 0.184 e. The van der Waals surface area contributed by atoms with Crippen molar-refractivity contribution in [3.63, 3.8) is 0 Å². The summed E-state index contributed by atoms with van der Waals surface area (Å²) in [7, 11) is 1.65. The summed E-state index contributed by atoms with van der Waals surface area (Å²) in [4.78, 5) is 0. The molecule has 0 amide bonds. The van der Waals surface area contributed by atoms with Gasteiger partial charge in [0, 0.05) is 11.1 Å². The largest absolute Gasteiger partial charge is 0.493 e. The first-order valence-electron chi connectivity index (χ1n) is 6.84. The predicted molar refractivity (Wildman–Crippen MR) is 76.0 cm³/mol. The molecule has 1 aromatic rings. The molecule has 0 bridgehead atoms. The van der Waals surface area contributed by atoms with Gasteiger partial charge in [0.25, 0.3) is 0 Å². The van der Waals surface area contributed by atoms with E-state index in [9.17, 15) is 0 Å². The normalized spacial score (nSPS) is 21.1. The van der Waals surface area contributed by atoms with Crippen LogP contribution in [0.2, 0.25) is 0 Å². The van der Waals surface area contributed by atoms with Gasteiger partial charge in [-0.25, -0.2) is 0 Å². The fourth-order valence-electron chi connectivity index (χ4n) is 2.75. The molecule has 2 aliphatic rings. The highest BCUT2D eigenvalue weighted by Gasteiger charge is 2.30. The van der Waals surface area contributed by atoms with Crippen LogP contribution in [0.25, 0.3) is 5.57 Å². The molecular formula is C16H20O4. The molecule has 0 unspecified atom stereocenters. The van der Waals surface area contributed by atoms with Gasteiger partial charge in [0.1, 0.15) is 5.60 Å². The van der Waals surface area contributed by atoms with E-state index in [1.165, 1.54) is 5.57 Å². The van der Waals surface area contributed by atoms with Gasteiger partial charge < -0.3 is 18.9 Å². The number of hydrogen-bond acceptors (Lipinski definition) is 4. The highest BCUT2D eigenvalue weighted by Crippen LogP contribution is 2.44. The van der Waals surface area contributed by atoms with Gasteiger partial charge in [-0.15, -0.1) is 0 Å². The predicted octanol–water partition coefficient (Wildman–Crippen LogP) is 3.31. The number of hydrogen-bond donors (Lipinski definition) is 0. The highest BCUT2D eigenvalue weighted by atomic mass is 16.7. The zero-order valence-electron chi connectivity index (χ0n) is 12.4. The Balaban J connectivity index is 2.09. The number of allylic oxidation sites excluding steroid dienone is 1. The van der Waals surface area contributed by atoms with Crippen molar-refractivity contribution >= 4 is 5.57 Å². The Bertz CT molecular complexity index is 554. The van der Waals surface area contributed by atoms with E-state index in [-0.39, 0.29) is 11.9 Å². The molecule has 20 heavy (non-hydrogen) atoms. The second-order valence-corrected chi connectivity index (χ2v) is 5.71. The second-order valence-electron chi connectivity index (χ2n) is 5.71. The fraction of sp³-hybridized carbons (Fsp3) is 0.500. The molecule has 4 nitrogen and oxygen atoms in total. The van der Waals surface area contributed by atoms with Gasteiger partial charge in [0.05, 0.1) is 20.3 Å². The Hall–Kier alpha value is -1.52. The van der Waals surface area contributed by atoms with Crippen LogP contribution in [-0.2, 0) is 9.47 Å². The van der Waals surface area contributed by atoms with Crippen LogP contribution in [0, 0.1) is 0 Å². The highest BCUT2D eigenvalue weighted by molar-refractivity contribution is 5.75. The molecule has 1 saturated heterocycles. The van der Waals surface area contributed by atoms with Gasteiger partial charge in [-0.3, -0.25) is 0 Å². The minimum absolute atomic E-state index is 0.308. The van der Waals surface area contributed by atoms with E-state index in [1.54, 1.807) is 7.11 Å². The van der Waals surface area contributed by atoms with Crippen molar-refractivity contribution in [3.8, 4) is 11.5 Å². The maximum Gasteiger partial charge on any atom is 0.184 e. The summed E-state index contributed by atoms with van der Waals surface area (Å²) < 4.78 is 22.7. The summed E-state index contributed by atoms with van der Waals surface area (Å²) in [6.45, 7) is 7.42. The average Bonchev–Trinajstić information content (AvgIpc) is 2.90. The maximum atomic E-state index is 6.05. The average molecular weight is 276 g/mol. The van der Waals surface area contributed by atoms with E-state index >= 15 is 0 Å². The summed E-state index contributed by atoms with van der Waals surface area (Å²) >= 11 is 0. The monoisotopic (exact) mass is 276 g/mol. The van der Waals surface area contributed by atoms with Crippen LogP contribution in [0.4, 0.5) is 0 Å². The van der Waals surface area contributed by atoms with Crippen molar-refractivity contribution in [2.45, 2.75) is 32.7 Å². The molecule has 3 rings (SSSR count). The fourth-order valence-corrected chi connectivity index (χ4v) is 2.75.